The number of aryl methyl sites for hydroxylation is 1. The summed E-state index contributed by atoms with van der Waals surface area (Å²) in [6.07, 6.45) is 6.77. The molecule has 2 saturated heterocycles. The van der Waals surface area contributed by atoms with Crippen molar-refractivity contribution in [3.05, 3.63) is 59.3 Å². The van der Waals surface area contributed by atoms with E-state index in [9.17, 15) is 4.79 Å². The van der Waals surface area contributed by atoms with Crippen LogP contribution in [0.15, 0.2) is 42.9 Å². The highest BCUT2D eigenvalue weighted by Crippen LogP contribution is 2.47. The number of hydrogen-bond donors (Lipinski definition) is 0. The molecule has 0 N–H and O–H groups in total. The molecule has 1 unspecified atom stereocenters. The Bertz CT molecular complexity index is 1080. The van der Waals surface area contributed by atoms with Crippen LogP contribution in [0.25, 0.3) is 5.69 Å². The van der Waals surface area contributed by atoms with Crippen LogP contribution < -0.4 is 4.74 Å². The second kappa shape index (κ2) is 7.92. The topological polar surface area (TPSA) is 86.0 Å². The van der Waals surface area contributed by atoms with Gasteiger partial charge >= 0.3 is 0 Å². The maximum atomic E-state index is 13.8. The molecule has 0 aromatic carbocycles. The number of amides is 1. The summed E-state index contributed by atoms with van der Waals surface area (Å²) < 4.78 is 5.97. The van der Waals surface area contributed by atoms with Crippen LogP contribution in [0, 0.1) is 18.8 Å². The van der Waals surface area contributed by atoms with Crippen molar-refractivity contribution in [2.45, 2.75) is 38.8 Å². The van der Waals surface area contributed by atoms with Gasteiger partial charge in [-0.05, 0) is 49.8 Å². The Hall–Kier alpha value is -3.00. The molecule has 3 aromatic heterocycles. The van der Waals surface area contributed by atoms with Crippen LogP contribution in [-0.4, -0.2) is 54.5 Å². The van der Waals surface area contributed by atoms with Gasteiger partial charge in [0.25, 0.3) is 5.91 Å². The quantitative estimate of drug-likeness (QED) is 0.607. The number of rotatable bonds is 5. The summed E-state index contributed by atoms with van der Waals surface area (Å²) in [7, 11) is 0. The second-order valence-corrected chi connectivity index (χ2v) is 8.73. The highest BCUT2D eigenvalue weighted by Gasteiger charge is 2.51. The molecular formula is C22H23ClN6O2. The van der Waals surface area contributed by atoms with E-state index >= 15 is 0 Å². The van der Waals surface area contributed by atoms with Gasteiger partial charge in [0.2, 0.25) is 5.88 Å². The average molecular weight is 439 g/mol. The van der Waals surface area contributed by atoms with Gasteiger partial charge in [-0.2, -0.15) is 10.2 Å². The molecule has 1 aliphatic carbocycles. The van der Waals surface area contributed by atoms with Gasteiger partial charge in [-0.1, -0.05) is 18.5 Å². The molecule has 0 radical (unpaired) electrons. The van der Waals surface area contributed by atoms with Gasteiger partial charge < -0.3 is 9.64 Å². The number of aromatic nitrogens is 5. The van der Waals surface area contributed by atoms with Crippen LogP contribution in [0.3, 0.4) is 0 Å². The fraction of sp³-hybridized carbons (Fsp3) is 0.409. The summed E-state index contributed by atoms with van der Waals surface area (Å²) >= 11 is 5.92. The molecule has 9 heteroatoms. The number of hydrogen-bond acceptors (Lipinski definition) is 6. The minimum atomic E-state index is -0.108. The van der Waals surface area contributed by atoms with Crippen LogP contribution in [0.5, 0.6) is 5.88 Å². The first kappa shape index (κ1) is 19.9. The largest absolute Gasteiger partial charge is 0.475 e. The van der Waals surface area contributed by atoms with E-state index in [4.69, 9.17) is 16.3 Å². The van der Waals surface area contributed by atoms with Crippen molar-refractivity contribution in [3.8, 4) is 11.6 Å². The number of ether oxygens (including phenoxy) is 1. The van der Waals surface area contributed by atoms with Crippen molar-refractivity contribution < 1.29 is 9.53 Å². The molecule has 5 heterocycles. The van der Waals surface area contributed by atoms with Crippen molar-refractivity contribution in [2.24, 2.45) is 11.8 Å². The Morgan fingerprint density at radius 1 is 1.19 bits per heavy atom. The Kier molecular flexibility index (Phi) is 5.09. The molecule has 0 spiro atoms. The minimum Gasteiger partial charge on any atom is -0.475 e. The normalized spacial score (nSPS) is 24.5. The molecule has 2 bridgehead atoms. The molecule has 3 fully saturated rings. The first-order valence-electron chi connectivity index (χ1n) is 10.4. The first-order valence-corrected chi connectivity index (χ1v) is 10.8. The number of fused-ring (bicyclic) bond motifs is 2. The molecular weight excluding hydrogens is 416 g/mol. The van der Waals surface area contributed by atoms with Gasteiger partial charge in [0.05, 0.1) is 23.5 Å². The second-order valence-electron chi connectivity index (χ2n) is 8.29. The third-order valence-corrected chi connectivity index (χ3v) is 6.66. The van der Waals surface area contributed by atoms with Crippen molar-refractivity contribution in [1.82, 2.24) is 29.9 Å². The maximum absolute atomic E-state index is 13.8. The van der Waals surface area contributed by atoms with E-state index < -0.39 is 0 Å². The average Bonchev–Trinajstić information content (AvgIpc) is 3.27. The van der Waals surface area contributed by atoms with E-state index in [1.54, 1.807) is 30.7 Å². The van der Waals surface area contributed by atoms with Crippen LogP contribution in [0.1, 0.15) is 35.9 Å². The Morgan fingerprint density at radius 2 is 1.97 bits per heavy atom. The molecule has 160 valence electrons. The predicted molar refractivity (Wildman–Crippen MR) is 114 cm³/mol. The van der Waals surface area contributed by atoms with Crippen LogP contribution in [0.4, 0.5) is 0 Å². The van der Waals surface area contributed by atoms with Crippen molar-refractivity contribution >= 4 is 17.5 Å². The number of carbonyl (C=O) groups is 1. The summed E-state index contributed by atoms with van der Waals surface area (Å²) in [5.41, 5.74) is 1.71. The summed E-state index contributed by atoms with van der Waals surface area (Å²) in [6.45, 7) is 4.45. The van der Waals surface area contributed by atoms with E-state index in [2.05, 4.69) is 27.1 Å². The van der Waals surface area contributed by atoms with Gasteiger partial charge in [0, 0.05) is 24.0 Å². The van der Waals surface area contributed by atoms with E-state index in [-0.39, 0.29) is 18.0 Å². The molecule has 3 aliphatic rings. The van der Waals surface area contributed by atoms with Crippen LogP contribution in [0.2, 0.25) is 5.02 Å². The summed E-state index contributed by atoms with van der Waals surface area (Å²) in [6, 6.07) is 7.32. The fourth-order valence-corrected chi connectivity index (χ4v) is 4.73. The highest BCUT2D eigenvalue weighted by molar-refractivity contribution is 6.30. The molecule has 1 amide bonds. The summed E-state index contributed by atoms with van der Waals surface area (Å²) in [5, 5.41) is 8.96. The SMILES string of the molecule is Cc1ccc(-n2nccn2)c(C(=O)N2C3CC(C3)[C@@H](C)C2COc2ccc(Cl)cn2)n1. The van der Waals surface area contributed by atoms with Gasteiger partial charge in [-0.3, -0.25) is 4.79 Å². The maximum Gasteiger partial charge on any atom is 0.275 e. The molecule has 6 rings (SSSR count). The predicted octanol–water partition coefficient (Wildman–Crippen LogP) is 3.34. The first-order chi connectivity index (χ1) is 15.0. The fourth-order valence-electron chi connectivity index (χ4n) is 4.62. The van der Waals surface area contributed by atoms with Crippen LogP contribution in [-0.2, 0) is 0 Å². The van der Waals surface area contributed by atoms with E-state index in [0.29, 0.717) is 40.7 Å². The Labute approximate surface area is 185 Å². The molecule has 3 aromatic rings. The highest BCUT2D eigenvalue weighted by atomic mass is 35.5. The zero-order chi connectivity index (χ0) is 21.5. The van der Waals surface area contributed by atoms with Gasteiger partial charge in [-0.25, -0.2) is 9.97 Å². The monoisotopic (exact) mass is 438 g/mol. The third kappa shape index (κ3) is 3.65. The lowest BCUT2D eigenvalue weighted by Crippen LogP contribution is -2.64. The lowest BCUT2D eigenvalue weighted by molar-refractivity contribution is -0.0677. The summed E-state index contributed by atoms with van der Waals surface area (Å²) in [4.78, 5) is 26.0. The lowest BCUT2D eigenvalue weighted by Gasteiger charge is -2.57. The Morgan fingerprint density at radius 3 is 2.68 bits per heavy atom. The molecule has 31 heavy (non-hydrogen) atoms. The van der Waals surface area contributed by atoms with Crippen molar-refractivity contribution in [3.63, 3.8) is 0 Å². The smallest absolute Gasteiger partial charge is 0.275 e. The van der Waals surface area contributed by atoms with Gasteiger partial charge in [0.1, 0.15) is 12.3 Å². The number of carbonyl (C=O) groups excluding carboxylic acids is 1. The number of piperidine rings is 2. The lowest BCUT2D eigenvalue weighted by atomic mass is 9.64. The zero-order valence-corrected chi connectivity index (χ0v) is 18.1. The van der Waals surface area contributed by atoms with E-state index in [0.717, 1.165) is 18.5 Å². The number of halogens is 1. The van der Waals surface area contributed by atoms with Crippen molar-refractivity contribution in [2.75, 3.05) is 6.61 Å². The summed E-state index contributed by atoms with van der Waals surface area (Å²) in [5.74, 6) is 1.32. The van der Waals surface area contributed by atoms with E-state index in [1.165, 1.54) is 4.80 Å². The standard InChI is InChI=1S/C22H23ClN6O2/c1-13-3-5-18(29-25-7-8-26-29)21(27-13)22(30)28-17-9-15(10-17)14(2)19(28)12-31-20-6-4-16(23)11-24-20/h3-8,11,14-15,17,19H,9-10,12H2,1-2H3/t14-,15?,17?,19?/m1/s1. The number of pyridine rings is 2. The van der Waals surface area contributed by atoms with E-state index in [1.807, 2.05) is 24.0 Å². The van der Waals surface area contributed by atoms with Gasteiger partial charge in [0.15, 0.2) is 5.69 Å². The molecule has 8 nitrogen and oxygen atoms in total. The molecule has 2 aliphatic heterocycles. The van der Waals surface area contributed by atoms with Crippen LogP contribution >= 0.6 is 11.6 Å². The Balaban J connectivity index is 1.45. The third-order valence-electron chi connectivity index (χ3n) is 6.44. The minimum absolute atomic E-state index is 0.0665. The van der Waals surface area contributed by atoms with Crippen molar-refractivity contribution in [1.29, 1.82) is 0 Å². The molecule has 1 saturated carbocycles. The zero-order valence-electron chi connectivity index (χ0n) is 17.3. The number of nitrogens with zero attached hydrogens (tertiary/aromatic N) is 6. The molecule has 2 atom stereocenters. The van der Waals surface area contributed by atoms with Gasteiger partial charge in [-0.15, -0.1) is 4.80 Å².